The Morgan fingerprint density at radius 2 is 1.88 bits per heavy atom. The van der Waals surface area contributed by atoms with E-state index in [1.165, 1.54) is 0 Å². The van der Waals surface area contributed by atoms with E-state index in [-0.39, 0.29) is 0 Å². The highest BCUT2D eigenvalue weighted by Gasteiger charge is 2.03. The van der Waals surface area contributed by atoms with Crippen LogP contribution in [0.5, 0.6) is 5.75 Å². The van der Waals surface area contributed by atoms with E-state index in [4.69, 9.17) is 16.3 Å². The van der Waals surface area contributed by atoms with Gasteiger partial charge in [-0.25, -0.2) is 9.97 Å². The molecule has 2 aromatic rings. The average Bonchev–Trinajstić information content (AvgIpc) is 2.28. The second-order valence-corrected chi connectivity index (χ2v) is 4.83. The maximum atomic E-state index is 5.88. The zero-order valence-electron chi connectivity index (χ0n) is 9.48. The highest BCUT2D eigenvalue weighted by Crippen LogP contribution is 2.28. The van der Waals surface area contributed by atoms with E-state index >= 15 is 0 Å². The van der Waals surface area contributed by atoms with Crippen LogP contribution in [0.2, 0.25) is 5.15 Å². The lowest BCUT2D eigenvalue weighted by Crippen LogP contribution is -1.89. The van der Waals surface area contributed by atoms with Gasteiger partial charge in [-0.2, -0.15) is 0 Å². The summed E-state index contributed by atoms with van der Waals surface area (Å²) in [5.41, 5.74) is 0. The van der Waals surface area contributed by atoms with Crippen LogP contribution < -0.4 is 4.74 Å². The Balaban J connectivity index is 2.19. The summed E-state index contributed by atoms with van der Waals surface area (Å²) >= 11 is 7.42. The van der Waals surface area contributed by atoms with Crippen molar-refractivity contribution in [2.45, 2.75) is 16.8 Å². The third kappa shape index (κ3) is 3.35. The van der Waals surface area contributed by atoms with Gasteiger partial charge in [0.2, 0.25) is 0 Å². The lowest BCUT2D eigenvalue weighted by molar-refractivity contribution is 0.414. The van der Waals surface area contributed by atoms with Crippen LogP contribution in [-0.2, 0) is 0 Å². The monoisotopic (exact) mass is 266 g/mol. The van der Waals surface area contributed by atoms with Gasteiger partial charge >= 0.3 is 0 Å². The molecule has 0 amide bonds. The normalized spacial score (nSPS) is 10.3. The third-order valence-corrected chi connectivity index (χ3v) is 3.18. The Hall–Kier alpha value is -1.26. The van der Waals surface area contributed by atoms with Crippen LogP contribution in [0.1, 0.15) is 5.82 Å². The fourth-order valence-corrected chi connectivity index (χ4v) is 2.47. The summed E-state index contributed by atoms with van der Waals surface area (Å²) in [6.45, 7) is 1.82. The fourth-order valence-electron chi connectivity index (χ4n) is 1.32. The molecular weight excluding hydrogens is 256 g/mol. The molecule has 0 saturated carbocycles. The molecular formula is C12H11ClN2OS. The number of ether oxygens (including phenoxy) is 1. The van der Waals surface area contributed by atoms with Crippen molar-refractivity contribution in [3.8, 4) is 5.75 Å². The zero-order chi connectivity index (χ0) is 12.3. The second kappa shape index (κ2) is 5.38. The van der Waals surface area contributed by atoms with Crippen molar-refractivity contribution in [2.24, 2.45) is 0 Å². The van der Waals surface area contributed by atoms with Gasteiger partial charge in [-0.3, -0.25) is 0 Å². The summed E-state index contributed by atoms with van der Waals surface area (Å²) < 4.78 is 5.10. The summed E-state index contributed by atoms with van der Waals surface area (Å²) in [4.78, 5) is 9.42. The van der Waals surface area contributed by atoms with Gasteiger partial charge in [0, 0.05) is 11.0 Å². The maximum Gasteiger partial charge on any atom is 0.133 e. The molecule has 0 unspecified atom stereocenters. The molecule has 1 heterocycles. The molecule has 0 aliphatic carbocycles. The van der Waals surface area contributed by atoms with E-state index in [1.807, 2.05) is 31.2 Å². The van der Waals surface area contributed by atoms with Crippen LogP contribution in [0.3, 0.4) is 0 Å². The first-order valence-electron chi connectivity index (χ1n) is 5.00. The van der Waals surface area contributed by atoms with E-state index in [0.29, 0.717) is 11.0 Å². The Morgan fingerprint density at radius 1 is 1.18 bits per heavy atom. The molecule has 0 aliphatic heterocycles. The second-order valence-electron chi connectivity index (χ2n) is 3.35. The Morgan fingerprint density at radius 3 is 2.47 bits per heavy atom. The fraction of sp³-hybridized carbons (Fsp3) is 0.167. The first-order chi connectivity index (χ1) is 8.17. The van der Waals surface area contributed by atoms with Crippen molar-refractivity contribution in [2.75, 3.05) is 7.11 Å². The highest BCUT2D eigenvalue weighted by molar-refractivity contribution is 7.99. The first kappa shape index (κ1) is 12.2. The maximum absolute atomic E-state index is 5.88. The van der Waals surface area contributed by atoms with Gasteiger partial charge in [0.15, 0.2) is 0 Å². The lowest BCUT2D eigenvalue weighted by atomic mass is 10.3. The SMILES string of the molecule is COc1ccc(Sc2cc(Cl)nc(C)n2)cc1. The standard InChI is InChI=1S/C12H11ClN2OS/c1-8-14-11(13)7-12(15-8)17-10-5-3-9(16-2)4-6-10/h3-7H,1-2H3. The van der Waals surface area contributed by atoms with E-state index in [2.05, 4.69) is 9.97 Å². The Bertz CT molecular complexity index is 496. The molecule has 3 nitrogen and oxygen atoms in total. The molecule has 0 fully saturated rings. The van der Waals surface area contributed by atoms with Crippen molar-refractivity contribution in [1.82, 2.24) is 9.97 Å². The van der Waals surface area contributed by atoms with Gasteiger partial charge in [0.25, 0.3) is 0 Å². The van der Waals surface area contributed by atoms with Crippen molar-refractivity contribution in [1.29, 1.82) is 0 Å². The molecule has 1 aromatic carbocycles. The third-order valence-electron chi connectivity index (χ3n) is 2.07. The van der Waals surface area contributed by atoms with Crippen molar-refractivity contribution < 1.29 is 4.74 Å². The molecule has 0 aliphatic rings. The molecule has 0 spiro atoms. The van der Waals surface area contributed by atoms with Crippen molar-refractivity contribution >= 4 is 23.4 Å². The van der Waals surface area contributed by atoms with Crippen molar-refractivity contribution in [3.63, 3.8) is 0 Å². The van der Waals surface area contributed by atoms with Crippen molar-refractivity contribution in [3.05, 3.63) is 41.3 Å². The molecule has 0 atom stereocenters. The molecule has 2 rings (SSSR count). The molecule has 5 heteroatoms. The Kier molecular flexibility index (Phi) is 3.86. The molecule has 0 N–H and O–H groups in total. The summed E-state index contributed by atoms with van der Waals surface area (Å²) in [6.07, 6.45) is 0. The van der Waals surface area contributed by atoms with Crippen LogP contribution in [0.25, 0.3) is 0 Å². The summed E-state index contributed by atoms with van der Waals surface area (Å²) in [7, 11) is 1.65. The minimum atomic E-state index is 0.466. The van der Waals surface area contributed by atoms with Gasteiger partial charge < -0.3 is 4.74 Å². The van der Waals surface area contributed by atoms with Gasteiger partial charge in [0.1, 0.15) is 21.8 Å². The highest BCUT2D eigenvalue weighted by atomic mass is 35.5. The predicted octanol–water partition coefficient (Wildman–Crippen LogP) is 3.60. The van der Waals surface area contributed by atoms with Crippen LogP contribution in [0, 0.1) is 6.92 Å². The van der Waals surface area contributed by atoms with Crippen LogP contribution in [0.15, 0.2) is 40.3 Å². The minimum absolute atomic E-state index is 0.466. The number of hydrogen-bond donors (Lipinski definition) is 0. The number of rotatable bonds is 3. The average molecular weight is 267 g/mol. The smallest absolute Gasteiger partial charge is 0.133 e. The van der Waals surface area contributed by atoms with E-state index in [0.717, 1.165) is 15.7 Å². The lowest BCUT2D eigenvalue weighted by Gasteiger charge is -2.04. The predicted molar refractivity (Wildman–Crippen MR) is 68.9 cm³/mol. The number of methoxy groups -OCH3 is 1. The van der Waals surface area contributed by atoms with Crippen LogP contribution in [-0.4, -0.2) is 17.1 Å². The molecule has 1 aromatic heterocycles. The van der Waals surface area contributed by atoms with E-state index in [9.17, 15) is 0 Å². The van der Waals surface area contributed by atoms with Crippen LogP contribution in [0.4, 0.5) is 0 Å². The molecule has 17 heavy (non-hydrogen) atoms. The topological polar surface area (TPSA) is 35.0 Å². The number of aromatic nitrogens is 2. The number of aryl methyl sites for hydroxylation is 1. The number of halogens is 1. The number of nitrogens with zero attached hydrogens (tertiary/aromatic N) is 2. The van der Waals surface area contributed by atoms with Gasteiger partial charge in [-0.1, -0.05) is 23.4 Å². The zero-order valence-corrected chi connectivity index (χ0v) is 11.0. The van der Waals surface area contributed by atoms with Crippen LogP contribution >= 0.6 is 23.4 Å². The van der Waals surface area contributed by atoms with E-state index < -0.39 is 0 Å². The summed E-state index contributed by atoms with van der Waals surface area (Å²) in [5.74, 6) is 1.51. The van der Waals surface area contributed by atoms with Gasteiger partial charge in [-0.15, -0.1) is 0 Å². The summed E-state index contributed by atoms with van der Waals surface area (Å²) in [6, 6.07) is 9.54. The largest absolute Gasteiger partial charge is 0.497 e. The Labute approximate surface area is 109 Å². The minimum Gasteiger partial charge on any atom is -0.497 e. The van der Waals surface area contributed by atoms with Gasteiger partial charge in [-0.05, 0) is 31.2 Å². The number of hydrogen-bond acceptors (Lipinski definition) is 4. The van der Waals surface area contributed by atoms with Gasteiger partial charge in [0.05, 0.1) is 7.11 Å². The quantitative estimate of drug-likeness (QED) is 0.795. The number of benzene rings is 1. The molecule has 0 saturated heterocycles. The summed E-state index contributed by atoms with van der Waals surface area (Å²) in [5, 5.41) is 1.31. The molecule has 0 bridgehead atoms. The van der Waals surface area contributed by atoms with E-state index in [1.54, 1.807) is 24.9 Å². The molecule has 88 valence electrons. The molecule has 0 radical (unpaired) electrons. The first-order valence-corrected chi connectivity index (χ1v) is 6.20.